The number of hydrogen-bond acceptors (Lipinski definition) is 4. The quantitative estimate of drug-likeness (QED) is 0.656. The van der Waals surface area contributed by atoms with Crippen LogP contribution < -0.4 is 10.6 Å². The molecule has 2 amide bonds. The van der Waals surface area contributed by atoms with Gasteiger partial charge in [0.15, 0.2) is 0 Å². The molecule has 0 saturated carbocycles. The van der Waals surface area contributed by atoms with Crippen LogP contribution in [0.15, 0.2) is 48.5 Å². The minimum Gasteiger partial charge on any atom is -0.352 e. The van der Waals surface area contributed by atoms with E-state index >= 15 is 0 Å². The van der Waals surface area contributed by atoms with Crippen LogP contribution in [-0.4, -0.2) is 22.7 Å². The van der Waals surface area contributed by atoms with Crippen LogP contribution >= 0.6 is 11.5 Å². The largest absolute Gasteiger partial charge is 0.352 e. The van der Waals surface area contributed by atoms with Crippen LogP contribution in [0.3, 0.4) is 0 Å². The first kappa shape index (κ1) is 17.1. The fourth-order valence-corrected chi connectivity index (χ4v) is 3.27. The van der Waals surface area contributed by atoms with E-state index in [-0.39, 0.29) is 11.8 Å². The molecule has 0 atom stereocenters. The summed E-state index contributed by atoms with van der Waals surface area (Å²) in [6, 6.07) is 14.6. The van der Waals surface area contributed by atoms with Crippen molar-refractivity contribution in [3.05, 3.63) is 59.8 Å². The number of nitrogens with zero attached hydrogens (tertiary/aromatic N) is 1. The van der Waals surface area contributed by atoms with Crippen LogP contribution in [0.25, 0.3) is 10.1 Å². The van der Waals surface area contributed by atoms with Crippen molar-refractivity contribution in [2.75, 3.05) is 11.9 Å². The molecule has 0 spiro atoms. The van der Waals surface area contributed by atoms with Gasteiger partial charge in [-0.15, -0.1) is 0 Å². The molecule has 1 heterocycles. The molecular weight excluding hydrogens is 334 g/mol. The van der Waals surface area contributed by atoms with E-state index in [1.807, 2.05) is 24.3 Å². The Morgan fingerprint density at radius 2 is 1.80 bits per heavy atom. The highest BCUT2D eigenvalue weighted by Gasteiger charge is 2.17. The number of para-hydroxylation sites is 1. The van der Waals surface area contributed by atoms with E-state index < -0.39 is 0 Å². The summed E-state index contributed by atoms with van der Waals surface area (Å²) in [5.74, 6) is -0.501. The summed E-state index contributed by atoms with van der Waals surface area (Å²) in [6.07, 6.45) is 1.93. The molecule has 0 aliphatic carbocycles. The number of anilines is 1. The van der Waals surface area contributed by atoms with Gasteiger partial charge in [0, 0.05) is 11.9 Å². The Morgan fingerprint density at radius 1 is 1.04 bits per heavy atom. The molecular formula is C19H19N3O2S. The maximum Gasteiger partial charge on any atom is 0.276 e. The lowest BCUT2D eigenvalue weighted by atomic mass is 10.1. The Balaban J connectivity index is 1.81. The molecule has 3 aromatic rings. The number of carbonyl (C=O) groups is 2. The van der Waals surface area contributed by atoms with Gasteiger partial charge in [0.05, 0.1) is 16.0 Å². The average molecular weight is 353 g/mol. The molecule has 3 rings (SSSR count). The van der Waals surface area contributed by atoms with Crippen molar-refractivity contribution in [1.29, 1.82) is 0 Å². The number of aromatic nitrogens is 1. The lowest BCUT2D eigenvalue weighted by molar-refractivity contribution is 0.0954. The van der Waals surface area contributed by atoms with Crippen LogP contribution in [0.2, 0.25) is 0 Å². The van der Waals surface area contributed by atoms with Gasteiger partial charge in [0.1, 0.15) is 5.69 Å². The van der Waals surface area contributed by atoms with Crippen LogP contribution in [0.5, 0.6) is 0 Å². The maximum absolute atomic E-state index is 12.6. The van der Waals surface area contributed by atoms with Crippen molar-refractivity contribution in [3.8, 4) is 0 Å². The van der Waals surface area contributed by atoms with Gasteiger partial charge in [-0.25, -0.2) is 0 Å². The minimum atomic E-state index is -0.314. The summed E-state index contributed by atoms with van der Waals surface area (Å²) < 4.78 is 5.21. The predicted molar refractivity (Wildman–Crippen MR) is 101 cm³/mol. The number of hydrogen-bond donors (Lipinski definition) is 2. The van der Waals surface area contributed by atoms with E-state index in [4.69, 9.17) is 0 Å². The second kappa shape index (κ2) is 7.90. The summed E-state index contributed by atoms with van der Waals surface area (Å²) >= 11 is 1.29. The van der Waals surface area contributed by atoms with Crippen LogP contribution in [0.4, 0.5) is 5.69 Å². The number of fused-ring (bicyclic) bond motifs is 1. The Bertz CT molecular complexity index is 904. The van der Waals surface area contributed by atoms with E-state index in [0.717, 1.165) is 22.9 Å². The molecule has 0 saturated heterocycles. The van der Waals surface area contributed by atoms with Crippen molar-refractivity contribution >= 4 is 39.1 Å². The minimum absolute atomic E-state index is 0.188. The molecule has 0 fully saturated rings. The van der Waals surface area contributed by atoms with Crippen molar-refractivity contribution in [2.24, 2.45) is 0 Å². The number of benzene rings is 2. The Labute approximate surface area is 150 Å². The zero-order valence-electron chi connectivity index (χ0n) is 13.9. The predicted octanol–water partition coefficient (Wildman–Crippen LogP) is 4.08. The standard InChI is InChI=1S/C19H19N3O2S/c1-2-3-12-20-18(23)13-8-4-6-10-15(13)21-19(24)17-14-9-5-7-11-16(14)25-22-17/h4-11H,2-3,12H2,1H3,(H,20,23)(H,21,24). The van der Waals surface area contributed by atoms with E-state index in [2.05, 4.69) is 21.9 Å². The molecule has 25 heavy (non-hydrogen) atoms. The number of carbonyl (C=O) groups excluding carboxylic acids is 2. The first-order chi connectivity index (χ1) is 12.2. The molecule has 0 bridgehead atoms. The monoisotopic (exact) mass is 353 g/mol. The molecule has 128 valence electrons. The van der Waals surface area contributed by atoms with E-state index in [9.17, 15) is 9.59 Å². The van der Waals surface area contributed by atoms with Crippen LogP contribution in [-0.2, 0) is 0 Å². The first-order valence-electron chi connectivity index (χ1n) is 8.23. The zero-order valence-corrected chi connectivity index (χ0v) is 14.7. The van der Waals surface area contributed by atoms with E-state index in [0.29, 0.717) is 23.5 Å². The summed E-state index contributed by atoms with van der Waals surface area (Å²) in [7, 11) is 0. The fourth-order valence-electron chi connectivity index (χ4n) is 2.50. The Hall–Kier alpha value is -2.73. The van der Waals surface area contributed by atoms with E-state index in [1.54, 1.807) is 24.3 Å². The molecule has 1 aromatic heterocycles. The lowest BCUT2D eigenvalue weighted by Crippen LogP contribution is -2.26. The molecule has 2 N–H and O–H groups in total. The SMILES string of the molecule is CCCCNC(=O)c1ccccc1NC(=O)c1nsc2ccccc12. The normalized spacial score (nSPS) is 10.6. The zero-order chi connectivity index (χ0) is 17.6. The third-order valence-corrected chi connectivity index (χ3v) is 4.65. The maximum atomic E-state index is 12.6. The third kappa shape index (κ3) is 3.85. The second-order valence-electron chi connectivity index (χ2n) is 5.64. The van der Waals surface area contributed by atoms with Gasteiger partial charge in [-0.05, 0) is 36.2 Å². The topological polar surface area (TPSA) is 71.1 Å². The lowest BCUT2D eigenvalue weighted by Gasteiger charge is -2.10. The second-order valence-corrected chi connectivity index (χ2v) is 6.44. The Morgan fingerprint density at radius 3 is 2.64 bits per heavy atom. The summed E-state index contributed by atoms with van der Waals surface area (Å²) in [5, 5.41) is 6.51. The highest BCUT2D eigenvalue weighted by atomic mass is 32.1. The fraction of sp³-hybridized carbons (Fsp3) is 0.211. The van der Waals surface area contributed by atoms with Gasteiger partial charge in [-0.3, -0.25) is 9.59 Å². The van der Waals surface area contributed by atoms with Gasteiger partial charge >= 0.3 is 0 Å². The van der Waals surface area contributed by atoms with Crippen molar-refractivity contribution in [2.45, 2.75) is 19.8 Å². The van der Waals surface area contributed by atoms with Gasteiger partial charge < -0.3 is 10.6 Å². The molecule has 2 aromatic carbocycles. The summed E-state index contributed by atoms with van der Waals surface area (Å²) in [4.78, 5) is 25.0. The molecule has 0 radical (unpaired) electrons. The molecule has 0 aliphatic rings. The van der Waals surface area contributed by atoms with Crippen molar-refractivity contribution in [3.63, 3.8) is 0 Å². The van der Waals surface area contributed by atoms with Crippen molar-refractivity contribution in [1.82, 2.24) is 9.69 Å². The Kier molecular flexibility index (Phi) is 5.40. The van der Waals surface area contributed by atoms with Crippen LogP contribution in [0, 0.1) is 0 Å². The molecule has 0 unspecified atom stereocenters. The first-order valence-corrected chi connectivity index (χ1v) is 9.01. The smallest absolute Gasteiger partial charge is 0.276 e. The molecule has 6 heteroatoms. The van der Waals surface area contributed by atoms with E-state index in [1.165, 1.54) is 11.5 Å². The third-order valence-electron chi connectivity index (χ3n) is 3.83. The number of amides is 2. The van der Waals surface area contributed by atoms with Gasteiger partial charge in [0.2, 0.25) is 0 Å². The van der Waals surface area contributed by atoms with Gasteiger partial charge in [-0.1, -0.05) is 43.7 Å². The summed E-state index contributed by atoms with van der Waals surface area (Å²) in [6.45, 7) is 2.69. The average Bonchev–Trinajstić information content (AvgIpc) is 3.06. The number of unbranched alkanes of at least 4 members (excludes halogenated alkanes) is 1. The number of nitrogens with one attached hydrogen (secondary N) is 2. The number of rotatable bonds is 6. The van der Waals surface area contributed by atoms with Crippen LogP contribution in [0.1, 0.15) is 40.6 Å². The highest BCUT2D eigenvalue weighted by molar-refractivity contribution is 7.13. The highest BCUT2D eigenvalue weighted by Crippen LogP contribution is 2.24. The van der Waals surface area contributed by atoms with Crippen molar-refractivity contribution < 1.29 is 9.59 Å². The van der Waals surface area contributed by atoms with Gasteiger partial charge in [0.25, 0.3) is 11.8 Å². The van der Waals surface area contributed by atoms with Gasteiger partial charge in [-0.2, -0.15) is 4.37 Å². The summed E-state index contributed by atoms with van der Waals surface area (Å²) in [5.41, 5.74) is 1.31. The molecule has 5 nitrogen and oxygen atoms in total. The molecule has 0 aliphatic heterocycles.